The quantitative estimate of drug-likeness (QED) is 0.123. The van der Waals surface area contributed by atoms with Crippen LogP contribution in [0, 0.1) is 0 Å². The van der Waals surface area contributed by atoms with E-state index in [1.807, 2.05) is 0 Å². The molecule has 19 heteroatoms. The van der Waals surface area contributed by atoms with Gasteiger partial charge >= 0.3 is 19.5 Å². The summed E-state index contributed by atoms with van der Waals surface area (Å²) in [7, 11) is -5.36. The number of nitrogens with two attached hydrogens (primary N) is 2. The average Bonchev–Trinajstić information content (AvgIpc) is 3.09. The van der Waals surface area contributed by atoms with Crippen molar-refractivity contribution in [3.8, 4) is 0 Å². The summed E-state index contributed by atoms with van der Waals surface area (Å²) in [5, 5.41) is 60.2. The second-order valence-electron chi connectivity index (χ2n) is 8.55. The first kappa shape index (κ1) is 29.5. The van der Waals surface area contributed by atoms with Gasteiger partial charge < -0.3 is 56.5 Å². The van der Waals surface area contributed by atoms with Gasteiger partial charge in [-0.1, -0.05) is 0 Å². The summed E-state index contributed by atoms with van der Waals surface area (Å²) in [6.45, 7) is -1.23. The number of aliphatic carboxylic acids is 1. The number of rotatable bonds is 10. The van der Waals surface area contributed by atoms with Crippen LogP contribution >= 0.6 is 7.82 Å². The summed E-state index contributed by atoms with van der Waals surface area (Å²) >= 11 is 0. The Kier molecular flexibility index (Phi) is 9.05. The van der Waals surface area contributed by atoms with E-state index in [0.717, 1.165) is 10.8 Å². The molecule has 1 aromatic rings. The van der Waals surface area contributed by atoms with E-state index in [2.05, 4.69) is 4.98 Å². The molecule has 3 heterocycles. The number of nitrogen functional groups attached to an aromatic ring is 1. The van der Waals surface area contributed by atoms with E-state index < -0.39 is 93.7 Å². The first-order valence-electron chi connectivity index (χ1n) is 10.9. The number of ether oxygens (including phenoxy) is 2. The largest absolute Gasteiger partial charge is 0.477 e. The fourth-order valence-corrected chi connectivity index (χ4v) is 4.85. The van der Waals surface area contributed by atoms with Crippen LogP contribution in [0.3, 0.4) is 0 Å². The number of carboxylic acids is 1. The molecule has 10 atom stereocenters. The third-order valence-corrected chi connectivity index (χ3v) is 6.83. The van der Waals surface area contributed by atoms with Crippen LogP contribution < -0.4 is 17.2 Å². The molecule has 18 nitrogen and oxygen atoms in total. The molecule has 7 unspecified atom stereocenters. The number of carbonyl (C=O) groups is 1. The van der Waals surface area contributed by atoms with Crippen molar-refractivity contribution >= 4 is 19.6 Å². The van der Waals surface area contributed by atoms with Crippen LogP contribution in [0.2, 0.25) is 0 Å². The van der Waals surface area contributed by atoms with Crippen LogP contribution in [0.15, 0.2) is 17.1 Å². The molecule has 2 saturated heterocycles. The molecule has 37 heavy (non-hydrogen) atoms. The summed E-state index contributed by atoms with van der Waals surface area (Å²) < 4.78 is 33.5. The molecular formula is C18H29N4O14P. The van der Waals surface area contributed by atoms with Gasteiger partial charge in [0.15, 0.2) is 6.23 Å². The number of phosphoric acid groups is 1. The molecule has 0 spiro atoms. The number of aromatic nitrogens is 2. The monoisotopic (exact) mass is 556 g/mol. The predicted octanol–water partition coefficient (Wildman–Crippen LogP) is -4.42. The fourth-order valence-electron chi connectivity index (χ4n) is 3.89. The Hall–Kier alpha value is -2.06. The number of nitrogens with zero attached hydrogens (tertiary/aromatic N) is 2. The van der Waals surface area contributed by atoms with E-state index in [1.54, 1.807) is 0 Å². The van der Waals surface area contributed by atoms with Crippen LogP contribution in [0.1, 0.15) is 19.1 Å². The summed E-state index contributed by atoms with van der Waals surface area (Å²) in [5.74, 6) is -5.05. The number of carboxylic acid groups (broad SMARTS) is 1. The lowest BCUT2D eigenvalue weighted by Gasteiger charge is -2.43. The van der Waals surface area contributed by atoms with Crippen molar-refractivity contribution in [1.29, 1.82) is 0 Å². The second kappa shape index (κ2) is 11.4. The average molecular weight is 556 g/mol. The maximum atomic E-state index is 12.6. The van der Waals surface area contributed by atoms with Gasteiger partial charge in [-0.2, -0.15) is 4.98 Å². The first-order valence-corrected chi connectivity index (χ1v) is 12.4. The number of aliphatic hydroxyl groups is 5. The minimum atomic E-state index is -5.36. The number of phosphoric ester groups is 1. The van der Waals surface area contributed by atoms with Crippen LogP contribution in [0.4, 0.5) is 5.82 Å². The van der Waals surface area contributed by atoms with E-state index in [1.165, 1.54) is 6.07 Å². The summed E-state index contributed by atoms with van der Waals surface area (Å²) in [6, 6.07) is 1.23. The molecule has 0 aliphatic carbocycles. The molecule has 0 saturated carbocycles. The zero-order chi connectivity index (χ0) is 27.7. The Bertz CT molecular complexity index is 1080. The van der Waals surface area contributed by atoms with Crippen molar-refractivity contribution in [2.24, 2.45) is 5.73 Å². The molecule has 0 bridgehead atoms. The van der Waals surface area contributed by atoms with Gasteiger partial charge in [0.2, 0.25) is 0 Å². The normalized spacial score (nSPS) is 36.7. The molecule has 0 amide bonds. The second-order valence-corrected chi connectivity index (χ2v) is 9.92. The third kappa shape index (κ3) is 6.51. The molecule has 0 aromatic carbocycles. The highest BCUT2D eigenvalue weighted by Gasteiger charge is 2.56. The number of aliphatic hydroxyl groups excluding tert-OH is 5. The topological polar surface area (TPSA) is 300 Å². The van der Waals surface area contributed by atoms with Gasteiger partial charge in [0.05, 0.1) is 24.9 Å². The van der Waals surface area contributed by atoms with E-state index in [0.29, 0.717) is 0 Å². The van der Waals surface area contributed by atoms with E-state index >= 15 is 0 Å². The van der Waals surface area contributed by atoms with Crippen LogP contribution in [-0.4, -0.2) is 113 Å². The molecule has 210 valence electrons. The Morgan fingerprint density at radius 3 is 2.54 bits per heavy atom. The van der Waals surface area contributed by atoms with E-state index in [-0.39, 0.29) is 12.4 Å². The molecule has 0 radical (unpaired) electrons. The van der Waals surface area contributed by atoms with Crippen LogP contribution in [0.5, 0.6) is 0 Å². The minimum Gasteiger partial charge on any atom is -0.477 e. The molecular weight excluding hydrogens is 527 g/mol. The highest BCUT2D eigenvalue weighted by Crippen LogP contribution is 2.51. The molecule has 11 N–H and O–H groups in total. The van der Waals surface area contributed by atoms with E-state index in [9.17, 15) is 49.7 Å². The Balaban J connectivity index is 1.72. The smallest absolute Gasteiger partial charge is 0.475 e. The Morgan fingerprint density at radius 1 is 1.27 bits per heavy atom. The SMILES string of the molecule is NC[C@@H](O)CC1O[C@](OP(=O)(O)OCC2OC(n3ccc(N)nc3=O)C(O)C2O)(C(=O)O)C[C@@H](O)C1O. The lowest BCUT2D eigenvalue weighted by molar-refractivity contribution is -0.290. The standard InChI is InChI=1S/C18H29N4O14P/c19-5-7(23)3-9-12(25)8(24)4-18(35-9,16(28)29)36-37(31,32)33-6-10-13(26)14(27)15(34-10)22-2-1-11(20)21-17(22)30/h1-2,7-10,12-15,23-27H,3-6,19H2,(H,28,29)(H,31,32)(H2,20,21,30)/t7-,8+,9?,10?,12?,13?,14?,15?,18+/m0/s1. The van der Waals surface area contributed by atoms with Gasteiger partial charge in [-0.05, 0) is 6.07 Å². The first-order chi connectivity index (χ1) is 17.2. The van der Waals surface area contributed by atoms with Gasteiger partial charge in [-0.25, -0.2) is 18.7 Å². The molecule has 1 aromatic heterocycles. The summed E-state index contributed by atoms with van der Waals surface area (Å²) in [5.41, 5.74) is 9.79. The van der Waals surface area contributed by atoms with Gasteiger partial charge in [-0.15, -0.1) is 0 Å². The van der Waals surface area contributed by atoms with Crippen molar-refractivity contribution < 1.29 is 63.4 Å². The zero-order valence-corrected chi connectivity index (χ0v) is 20.0. The lowest BCUT2D eigenvalue weighted by Crippen LogP contribution is -2.59. The third-order valence-electron chi connectivity index (χ3n) is 5.82. The van der Waals surface area contributed by atoms with Crippen molar-refractivity contribution in [3.05, 3.63) is 22.7 Å². The summed E-state index contributed by atoms with van der Waals surface area (Å²) in [6.07, 6.45) is -13.0. The van der Waals surface area contributed by atoms with Crippen LogP contribution in [0.25, 0.3) is 0 Å². The van der Waals surface area contributed by atoms with Gasteiger partial charge in [-0.3, -0.25) is 9.09 Å². The maximum absolute atomic E-state index is 12.6. The van der Waals surface area contributed by atoms with Crippen LogP contribution in [-0.2, 0) is 27.9 Å². The summed E-state index contributed by atoms with van der Waals surface area (Å²) in [4.78, 5) is 37.6. The zero-order valence-electron chi connectivity index (χ0n) is 19.1. The van der Waals surface area contributed by atoms with Crippen molar-refractivity contribution in [2.45, 2.75) is 67.6 Å². The fraction of sp³-hybridized carbons (Fsp3) is 0.722. The Labute approximate surface area is 208 Å². The lowest BCUT2D eigenvalue weighted by atomic mass is 9.92. The molecule has 2 fully saturated rings. The Morgan fingerprint density at radius 2 is 1.95 bits per heavy atom. The number of anilines is 1. The number of hydrogen-bond donors (Lipinski definition) is 9. The maximum Gasteiger partial charge on any atom is 0.475 e. The van der Waals surface area contributed by atoms with Gasteiger partial charge in [0.25, 0.3) is 5.79 Å². The molecule has 3 rings (SSSR count). The van der Waals surface area contributed by atoms with Crippen molar-refractivity contribution in [1.82, 2.24) is 9.55 Å². The van der Waals surface area contributed by atoms with E-state index in [4.69, 9.17) is 30.0 Å². The van der Waals surface area contributed by atoms with Gasteiger partial charge in [0, 0.05) is 25.6 Å². The molecule has 2 aliphatic heterocycles. The molecule has 2 aliphatic rings. The number of hydrogen-bond acceptors (Lipinski definition) is 15. The highest BCUT2D eigenvalue weighted by molar-refractivity contribution is 7.47. The van der Waals surface area contributed by atoms with Gasteiger partial charge in [0.1, 0.15) is 30.2 Å². The highest BCUT2D eigenvalue weighted by atomic mass is 31.2. The van der Waals surface area contributed by atoms with Crippen molar-refractivity contribution in [3.63, 3.8) is 0 Å². The van der Waals surface area contributed by atoms with Crippen molar-refractivity contribution in [2.75, 3.05) is 18.9 Å². The predicted molar refractivity (Wildman–Crippen MR) is 117 cm³/mol. The minimum absolute atomic E-state index is 0.109.